The maximum atomic E-state index is 2.39. The van der Waals surface area contributed by atoms with E-state index in [-0.39, 0.29) is 0 Å². The van der Waals surface area contributed by atoms with Gasteiger partial charge >= 0.3 is 0 Å². The smallest absolute Gasteiger partial charge is 0.0499 e. The van der Waals surface area contributed by atoms with E-state index < -0.39 is 0 Å². The molecule has 23 heavy (non-hydrogen) atoms. The summed E-state index contributed by atoms with van der Waals surface area (Å²) in [4.78, 5) is 0. The Bertz CT molecular complexity index is 1230. The highest BCUT2D eigenvalue weighted by Crippen LogP contribution is 2.36. The highest BCUT2D eigenvalue weighted by atomic mass is 127. The Balaban J connectivity index is 2.08. The summed E-state index contributed by atoms with van der Waals surface area (Å²) in [5.74, 6) is 0. The van der Waals surface area contributed by atoms with Gasteiger partial charge in [-0.1, -0.05) is 36.4 Å². The first-order valence-electron chi connectivity index (χ1n) is 7.71. The van der Waals surface area contributed by atoms with E-state index in [1.807, 2.05) is 0 Å². The highest BCUT2D eigenvalue weighted by Gasteiger charge is 2.12. The van der Waals surface area contributed by atoms with Gasteiger partial charge in [0.1, 0.15) is 0 Å². The molecule has 0 N–H and O–H groups in total. The molecule has 0 saturated carbocycles. The molecule has 0 atom stereocenters. The Labute approximate surface area is 147 Å². The first kappa shape index (κ1) is 13.4. The molecule has 110 valence electrons. The van der Waals surface area contributed by atoms with E-state index in [0.717, 1.165) is 0 Å². The topological polar surface area (TPSA) is 4.93 Å². The van der Waals surface area contributed by atoms with Crippen LogP contribution in [0.3, 0.4) is 0 Å². The Kier molecular flexibility index (Phi) is 2.74. The molecule has 1 aromatic heterocycles. The van der Waals surface area contributed by atoms with Gasteiger partial charge in [0, 0.05) is 32.4 Å². The second-order valence-electron chi connectivity index (χ2n) is 6.10. The van der Waals surface area contributed by atoms with Gasteiger partial charge in [-0.25, -0.2) is 0 Å². The van der Waals surface area contributed by atoms with Crippen molar-refractivity contribution in [3.63, 3.8) is 0 Å². The van der Waals surface area contributed by atoms with Crippen LogP contribution in [0.5, 0.6) is 0 Å². The molecule has 0 radical (unpaired) electrons. The van der Waals surface area contributed by atoms with Gasteiger partial charge in [0.05, 0.1) is 0 Å². The van der Waals surface area contributed by atoms with Crippen LogP contribution in [0.2, 0.25) is 0 Å². The van der Waals surface area contributed by atoms with Gasteiger partial charge in [-0.15, -0.1) is 0 Å². The normalized spacial score (nSPS) is 11.9. The van der Waals surface area contributed by atoms with Crippen molar-refractivity contribution in [1.29, 1.82) is 0 Å². The van der Waals surface area contributed by atoms with Crippen molar-refractivity contribution < 1.29 is 0 Å². The molecule has 0 bridgehead atoms. The molecule has 0 fully saturated rings. The number of halogens is 1. The number of fused-ring (bicyclic) bond motifs is 6. The summed E-state index contributed by atoms with van der Waals surface area (Å²) in [6.45, 7) is 0. The van der Waals surface area contributed by atoms with Gasteiger partial charge in [-0.3, -0.25) is 0 Å². The van der Waals surface area contributed by atoms with Gasteiger partial charge in [0.15, 0.2) is 0 Å². The van der Waals surface area contributed by atoms with Crippen LogP contribution < -0.4 is 0 Å². The lowest BCUT2D eigenvalue weighted by Gasteiger charge is -2.05. The first-order valence-corrected chi connectivity index (χ1v) is 8.79. The van der Waals surface area contributed by atoms with Crippen LogP contribution in [0.15, 0.2) is 66.7 Å². The van der Waals surface area contributed by atoms with Crippen LogP contribution in [0, 0.1) is 3.57 Å². The number of rotatable bonds is 0. The van der Waals surface area contributed by atoms with E-state index >= 15 is 0 Å². The van der Waals surface area contributed by atoms with Crippen molar-refractivity contribution in [2.24, 2.45) is 7.05 Å². The third-order valence-electron chi connectivity index (χ3n) is 4.82. The fraction of sp³-hybridized carbons (Fsp3) is 0.0476. The summed E-state index contributed by atoms with van der Waals surface area (Å²) in [6.07, 6.45) is 0. The van der Waals surface area contributed by atoms with Crippen LogP contribution in [0.4, 0.5) is 0 Å². The average molecular weight is 407 g/mol. The summed E-state index contributed by atoms with van der Waals surface area (Å²) in [5, 5.41) is 7.95. The van der Waals surface area contributed by atoms with Gasteiger partial charge in [0.25, 0.3) is 0 Å². The van der Waals surface area contributed by atoms with E-state index in [9.17, 15) is 0 Å². The minimum Gasteiger partial charge on any atom is -0.344 e. The summed E-state index contributed by atoms with van der Waals surface area (Å²) in [7, 11) is 2.16. The van der Waals surface area contributed by atoms with Crippen LogP contribution in [0.1, 0.15) is 0 Å². The maximum Gasteiger partial charge on any atom is 0.0499 e. The monoisotopic (exact) mass is 407 g/mol. The molecule has 2 heteroatoms. The molecule has 1 heterocycles. The van der Waals surface area contributed by atoms with Gasteiger partial charge in [0.2, 0.25) is 0 Å². The first-order chi connectivity index (χ1) is 11.2. The lowest BCUT2D eigenvalue weighted by molar-refractivity contribution is 1.01. The summed E-state index contributed by atoms with van der Waals surface area (Å²) < 4.78 is 3.58. The summed E-state index contributed by atoms with van der Waals surface area (Å²) >= 11 is 2.39. The molecule has 0 amide bonds. The predicted molar refractivity (Wildman–Crippen MR) is 108 cm³/mol. The molecule has 0 saturated heterocycles. The number of hydrogen-bond acceptors (Lipinski definition) is 0. The van der Waals surface area contributed by atoms with E-state index in [0.29, 0.717) is 0 Å². The van der Waals surface area contributed by atoms with Gasteiger partial charge < -0.3 is 4.57 Å². The Hall–Kier alpha value is -2.07. The molecule has 0 aliphatic rings. The largest absolute Gasteiger partial charge is 0.344 e. The van der Waals surface area contributed by atoms with Crippen molar-refractivity contribution >= 4 is 65.9 Å². The fourth-order valence-electron chi connectivity index (χ4n) is 3.69. The quantitative estimate of drug-likeness (QED) is 0.212. The number of aryl methyl sites for hydroxylation is 1. The third kappa shape index (κ3) is 1.84. The van der Waals surface area contributed by atoms with Crippen LogP contribution in [-0.4, -0.2) is 4.57 Å². The number of hydrogen-bond donors (Lipinski definition) is 0. The molecular formula is C21H14IN. The molecule has 0 unspecified atom stereocenters. The zero-order chi connectivity index (χ0) is 15.6. The van der Waals surface area contributed by atoms with E-state index in [1.54, 1.807) is 0 Å². The lowest BCUT2D eigenvalue weighted by Crippen LogP contribution is -1.86. The predicted octanol–water partition coefficient (Wildman–Crippen LogP) is 6.24. The zero-order valence-corrected chi connectivity index (χ0v) is 14.8. The molecule has 1 nitrogen and oxygen atoms in total. The number of benzene rings is 4. The SMILES string of the molecule is Cn1c2cc(I)ccc2c2c3cc4ccccc4cc3ccc21. The second kappa shape index (κ2) is 4.71. The van der Waals surface area contributed by atoms with Crippen molar-refractivity contribution in [3.05, 3.63) is 70.3 Å². The number of nitrogens with zero attached hydrogens (tertiary/aromatic N) is 1. The zero-order valence-electron chi connectivity index (χ0n) is 12.7. The maximum absolute atomic E-state index is 2.39. The fourth-order valence-corrected chi connectivity index (χ4v) is 4.16. The minimum absolute atomic E-state index is 1.27. The molecule has 0 spiro atoms. The van der Waals surface area contributed by atoms with Crippen molar-refractivity contribution in [2.75, 3.05) is 0 Å². The Morgan fingerprint density at radius 1 is 0.696 bits per heavy atom. The van der Waals surface area contributed by atoms with E-state index in [1.165, 1.54) is 46.9 Å². The van der Waals surface area contributed by atoms with Crippen molar-refractivity contribution in [1.82, 2.24) is 4.57 Å². The van der Waals surface area contributed by atoms with Crippen LogP contribution >= 0.6 is 22.6 Å². The van der Waals surface area contributed by atoms with E-state index in [2.05, 4.69) is 101 Å². The van der Waals surface area contributed by atoms with Crippen molar-refractivity contribution in [2.45, 2.75) is 0 Å². The Morgan fingerprint density at radius 3 is 2.30 bits per heavy atom. The lowest BCUT2D eigenvalue weighted by atomic mass is 9.99. The average Bonchev–Trinajstić information content (AvgIpc) is 2.86. The molecular weight excluding hydrogens is 393 g/mol. The molecule has 0 aliphatic heterocycles. The Morgan fingerprint density at radius 2 is 1.48 bits per heavy atom. The molecule has 5 aromatic rings. The molecule has 4 aromatic carbocycles. The summed E-state index contributed by atoms with van der Waals surface area (Å²) in [5.41, 5.74) is 2.59. The van der Waals surface area contributed by atoms with Crippen LogP contribution in [-0.2, 0) is 7.05 Å². The van der Waals surface area contributed by atoms with Gasteiger partial charge in [-0.05, 0) is 74.5 Å². The standard InChI is InChI=1S/C21H14IN/c1-23-19-9-6-15-10-13-4-2-3-5-14(13)11-18(15)21(19)17-8-7-16(22)12-20(17)23/h2-12H,1H3. The second-order valence-corrected chi connectivity index (χ2v) is 7.35. The highest BCUT2D eigenvalue weighted by molar-refractivity contribution is 14.1. The van der Waals surface area contributed by atoms with Gasteiger partial charge in [-0.2, -0.15) is 0 Å². The van der Waals surface area contributed by atoms with Crippen molar-refractivity contribution in [3.8, 4) is 0 Å². The summed E-state index contributed by atoms with van der Waals surface area (Å²) in [6, 6.07) is 24.4. The minimum atomic E-state index is 1.27. The third-order valence-corrected chi connectivity index (χ3v) is 5.49. The molecule has 0 aliphatic carbocycles. The van der Waals surface area contributed by atoms with Crippen LogP contribution in [0.25, 0.3) is 43.4 Å². The molecule has 5 rings (SSSR count). The number of aromatic nitrogens is 1. The van der Waals surface area contributed by atoms with E-state index in [4.69, 9.17) is 0 Å².